The Morgan fingerprint density at radius 2 is 1.29 bits per heavy atom. The van der Waals surface area contributed by atoms with Gasteiger partial charge in [-0.2, -0.15) is 0 Å². The van der Waals surface area contributed by atoms with Gasteiger partial charge in [0.15, 0.2) is 0 Å². The van der Waals surface area contributed by atoms with E-state index in [9.17, 15) is 4.39 Å². The summed E-state index contributed by atoms with van der Waals surface area (Å²) in [5.41, 5.74) is 7.97. The third kappa shape index (κ3) is 6.18. The molecule has 0 aliphatic heterocycles. The maximum Gasteiger partial charge on any atom is 0.140 e. The lowest BCUT2D eigenvalue weighted by molar-refractivity contribution is 0.289. The second-order valence-electron chi connectivity index (χ2n) is 9.96. The zero-order valence-corrected chi connectivity index (χ0v) is 20.8. The van der Waals surface area contributed by atoms with Gasteiger partial charge in [-0.05, 0) is 117 Å². The Balaban J connectivity index is 1.41. The summed E-state index contributed by atoms with van der Waals surface area (Å²) in [4.78, 5) is 0. The summed E-state index contributed by atoms with van der Waals surface area (Å²) >= 11 is 0. The first kappa shape index (κ1) is 23.9. The SMILES string of the molecule is Cc1cc(C#Cc2ccc(C#Cc3ccc(CC4CCC(C)CC4)cc3)cc2F)cc(C)c1C. The van der Waals surface area contributed by atoms with Gasteiger partial charge in [0, 0.05) is 16.7 Å². The predicted octanol–water partition coefficient (Wildman–Crippen LogP) is 7.92. The molecule has 1 heteroatoms. The molecule has 0 radical (unpaired) electrons. The van der Waals surface area contributed by atoms with Crippen LogP contribution in [0.25, 0.3) is 0 Å². The predicted molar refractivity (Wildman–Crippen MR) is 140 cm³/mol. The minimum atomic E-state index is -0.336. The summed E-state index contributed by atoms with van der Waals surface area (Å²) in [6.07, 6.45) is 6.58. The highest BCUT2D eigenvalue weighted by molar-refractivity contribution is 5.50. The maximum absolute atomic E-state index is 14.6. The summed E-state index contributed by atoms with van der Waals surface area (Å²) in [6.45, 7) is 8.62. The molecule has 4 rings (SSSR count). The maximum atomic E-state index is 14.6. The molecule has 0 N–H and O–H groups in total. The van der Waals surface area contributed by atoms with E-state index in [4.69, 9.17) is 0 Å². The molecule has 0 saturated heterocycles. The van der Waals surface area contributed by atoms with Crippen molar-refractivity contribution in [1.29, 1.82) is 0 Å². The number of rotatable bonds is 2. The highest BCUT2D eigenvalue weighted by atomic mass is 19.1. The van der Waals surface area contributed by atoms with E-state index < -0.39 is 0 Å². The number of aryl methyl sites for hydroxylation is 2. The topological polar surface area (TPSA) is 0 Å². The lowest BCUT2D eigenvalue weighted by Crippen LogP contribution is -2.14. The zero-order chi connectivity index (χ0) is 24.1. The molecule has 34 heavy (non-hydrogen) atoms. The summed E-state index contributed by atoms with van der Waals surface area (Å²) in [7, 11) is 0. The Kier molecular flexibility index (Phi) is 7.55. The molecule has 0 aromatic heterocycles. The van der Waals surface area contributed by atoms with E-state index in [1.54, 1.807) is 6.07 Å². The molecule has 0 amide bonds. The fourth-order valence-corrected chi connectivity index (χ4v) is 4.68. The Morgan fingerprint density at radius 3 is 1.94 bits per heavy atom. The molecule has 0 nitrogen and oxygen atoms in total. The molecule has 0 atom stereocenters. The Hall–Kier alpha value is -3.29. The molecule has 1 aliphatic carbocycles. The van der Waals surface area contributed by atoms with Crippen LogP contribution >= 0.6 is 0 Å². The van der Waals surface area contributed by atoms with Gasteiger partial charge in [-0.15, -0.1) is 0 Å². The first-order valence-corrected chi connectivity index (χ1v) is 12.4. The fraction of sp³-hybridized carbons (Fsp3) is 0.333. The number of halogens is 1. The molecule has 0 spiro atoms. The van der Waals surface area contributed by atoms with Gasteiger partial charge >= 0.3 is 0 Å². The standard InChI is InChI=1S/C33H33F/c1-23-5-7-28(8-6-23)21-29-12-9-27(10-13-29)11-14-30-15-17-32(33(34)22-30)18-16-31-19-24(2)26(4)25(3)20-31/h9-10,12-13,15,17,19-20,22-23,28H,5-8,21H2,1-4H3. The minimum absolute atomic E-state index is 0.336. The van der Waals surface area contributed by atoms with E-state index in [-0.39, 0.29) is 5.82 Å². The highest BCUT2D eigenvalue weighted by Gasteiger charge is 2.18. The molecule has 0 bridgehead atoms. The zero-order valence-electron chi connectivity index (χ0n) is 20.8. The fourth-order valence-electron chi connectivity index (χ4n) is 4.68. The van der Waals surface area contributed by atoms with Crippen molar-refractivity contribution in [2.45, 2.75) is 59.8 Å². The van der Waals surface area contributed by atoms with Gasteiger partial charge in [-0.25, -0.2) is 4.39 Å². The number of hydrogen-bond acceptors (Lipinski definition) is 0. The largest absolute Gasteiger partial charge is 0.206 e. The van der Waals surface area contributed by atoms with Crippen molar-refractivity contribution in [3.05, 3.63) is 105 Å². The van der Waals surface area contributed by atoms with Gasteiger partial charge in [0.1, 0.15) is 5.82 Å². The van der Waals surface area contributed by atoms with Gasteiger partial charge in [0.05, 0.1) is 5.56 Å². The summed E-state index contributed by atoms with van der Waals surface area (Å²) in [5, 5.41) is 0. The molecule has 1 aliphatic rings. The third-order valence-electron chi connectivity index (χ3n) is 7.20. The van der Waals surface area contributed by atoms with E-state index in [0.29, 0.717) is 11.1 Å². The van der Waals surface area contributed by atoms with Gasteiger partial charge in [-0.1, -0.05) is 55.6 Å². The average Bonchev–Trinajstić information content (AvgIpc) is 2.83. The second kappa shape index (κ2) is 10.8. The van der Waals surface area contributed by atoms with E-state index in [0.717, 1.165) is 29.4 Å². The highest BCUT2D eigenvalue weighted by Crippen LogP contribution is 2.30. The van der Waals surface area contributed by atoms with Crippen LogP contribution < -0.4 is 0 Å². The van der Waals surface area contributed by atoms with E-state index >= 15 is 0 Å². The van der Waals surface area contributed by atoms with Crippen LogP contribution in [0.4, 0.5) is 4.39 Å². The molecule has 0 heterocycles. The van der Waals surface area contributed by atoms with Gasteiger partial charge in [0.25, 0.3) is 0 Å². The summed E-state index contributed by atoms with van der Waals surface area (Å²) in [5.74, 6) is 13.7. The van der Waals surface area contributed by atoms with E-state index in [1.807, 2.05) is 18.2 Å². The lowest BCUT2D eigenvalue weighted by Gasteiger charge is -2.26. The van der Waals surface area contributed by atoms with Crippen LogP contribution in [0.1, 0.15) is 77.1 Å². The van der Waals surface area contributed by atoms with Crippen LogP contribution in [0.5, 0.6) is 0 Å². The van der Waals surface area contributed by atoms with Crippen LogP contribution in [-0.2, 0) is 6.42 Å². The molecule has 0 unspecified atom stereocenters. The Labute approximate surface area is 204 Å². The van der Waals surface area contributed by atoms with Gasteiger partial charge in [0.2, 0.25) is 0 Å². The quantitative estimate of drug-likeness (QED) is 0.349. The molecule has 3 aromatic rings. The lowest BCUT2D eigenvalue weighted by atomic mass is 9.80. The first-order chi connectivity index (χ1) is 16.4. The normalized spacial score (nSPS) is 17.3. The van der Waals surface area contributed by atoms with Crippen LogP contribution in [-0.4, -0.2) is 0 Å². The third-order valence-corrected chi connectivity index (χ3v) is 7.20. The van der Waals surface area contributed by atoms with Crippen LogP contribution in [0.3, 0.4) is 0 Å². The number of hydrogen-bond donors (Lipinski definition) is 0. The van der Waals surface area contributed by atoms with Crippen molar-refractivity contribution in [3.8, 4) is 23.7 Å². The molecular formula is C33H33F. The van der Waals surface area contributed by atoms with Crippen molar-refractivity contribution in [2.75, 3.05) is 0 Å². The molecule has 1 fully saturated rings. The van der Waals surface area contributed by atoms with Gasteiger partial charge in [-0.3, -0.25) is 0 Å². The van der Waals surface area contributed by atoms with E-state index in [2.05, 4.69) is 75.6 Å². The van der Waals surface area contributed by atoms with Crippen molar-refractivity contribution in [2.24, 2.45) is 11.8 Å². The molecule has 1 saturated carbocycles. The molecule has 3 aromatic carbocycles. The average molecular weight is 449 g/mol. The monoisotopic (exact) mass is 448 g/mol. The summed E-state index contributed by atoms with van der Waals surface area (Å²) < 4.78 is 14.6. The van der Waals surface area contributed by atoms with Crippen LogP contribution in [0.15, 0.2) is 54.6 Å². The molecule has 172 valence electrons. The van der Waals surface area contributed by atoms with Crippen LogP contribution in [0, 0.1) is 62.1 Å². The number of benzene rings is 3. The van der Waals surface area contributed by atoms with Crippen molar-refractivity contribution >= 4 is 0 Å². The molecular weight excluding hydrogens is 415 g/mol. The van der Waals surface area contributed by atoms with Crippen molar-refractivity contribution < 1.29 is 4.39 Å². The van der Waals surface area contributed by atoms with Crippen LogP contribution in [0.2, 0.25) is 0 Å². The van der Waals surface area contributed by atoms with Gasteiger partial charge < -0.3 is 0 Å². The smallest absolute Gasteiger partial charge is 0.140 e. The summed E-state index contributed by atoms with van der Waals surface area (Å²) in [6, 6.07) is 17.7. The Morgan fingerprint density at radius 1 is 0.706 bits per heavy atom. The first-order valence-electron chi connectivity index (χ1n) is 12.4. The second-order valence-corrected chi connectivity index (χ2v) is 9.96. The van der Waals surface area contributed by atoms with E-state index in [1.165, 1.54) is 54.0 Å². The van der Waals surface area contributed by atoms with Crippen molar-refractivity contribution in [1.82, 2.24) is 0 Å². The Bertz CT molecular complexity index is 1260. The minimum Gasteiger partial charge on any atom is -0.206 e. The van der Waals surface area contributed by atoms with Crippen molar-refractivity contribution in [3.63, 3.8) is 0 Å².